The molecule has 0 spiro atoms. The Morgan fingerprint density at radius 3 is 2.53 bits per heavy atom. The molecule has 1 saturated heterocycles. The fourth-order valence-electron chi connectivity index (χ4n) is 1.73. The molecule has 0 bridgehead atoms. The molecule has 0 amide bonds. The van der Waals surface area contributed by atoms with E-state index in [1.165, 1.54) is 12.3 Å². The van der Waals surface area contributed by atoms with Gasteiger partial charge >= 0.3 is 64.8 Å². The van der Waals surface area contributed by atoms with E-state index in [4.69, 9.17) is 15.6 Å². The third kappa shape index (κ3) is 4.01. The Morgan fingerprint density at radius 2 is 2.05 bits per heavy atom. The molecule has 2 rings (SSSR count). The predicted octanol–water partition coefficient (Wildman–Crippen LogP) is -8.33. The van der Waals surface area contributed by atoms with Crippen LogP contribution in [0.15, 0.2) is 17.1 Å². The molecule has 5 N–H and O–H groups in total. The molecule has 1 aromatic rings. The number of aliphatic hydroxyl groups is 3. The third-order valence-electron chi connectivity index (χ3n) is 2.64. The number of nitrogens with zero attached hydrogens (tertiary/aromatic N) is 2. The van der Waals surface area contributed by atoms with Crippen LogP contribution >= 0.6 is 0 Å². The zero-order chi connectivity index (χ0) is 12.6. The molecule has 0 saturated carbocycles. The van der Waals surface area contributed by atoms with Crippen LogP contribution in [0.5, 0.6) is 0 Å². The van der Waals surface area contributed by atoms with Crippen molar-refractivity contribution in [3.63, 3.8) is 0 Å². The van der Waals surface area contributed by atoms with Crippen LogP contribution in [0.4, 0.5) is 5.82 Å². The zero-order valence-corrected chi connectivity index (χ0v) is 14.8. The van der Waals surface area contributed by atoms with Gasteiger partial charge in [-0.2, -0.15) is 4.98 Å². The van der Waals surface area contributed by atoms with Crippen molar-refractivity contribution in [3.8, 4) is 0 Å². The van der Waals surface area contributed by atoms with E-state index in [1.807, 2.05) is 0 Å². The van der Waals surface area contributed by atoms with E-state index in [0.29, 0.717) is 0 Å². The first-order chi connectivity index (χ1) is 8.04. The maximum Gasteiger partial charge on any atom is 1.00 e. The number of ether oxygens (including phenoxy) is 1. The summed E-state index contributed by atoms with van der Waals surface area (Å²) < 4.78 is 6.19. The van der Waals surface area contributed by atoms with E-state index in [9.17, 15) is 15.0 Å². The molecule has 10 heteroatoms. The minimum absolute atomic E-state index is 0. The molecule has 0 aromatic carbocycles. The van der Waals surface area contributed by atoms with Gasteiger partial charge in [0.2, 0.25) is 0 Å². The zero-order valence-electron chi connectivity index (χ0n) is 12.8. The Hall–Kier alpha value is 0.520. The second-order valence-electron chi connectivity index (χ2n) is 3.77. The minimum Gasteiger partial charge on any atom is -1.00 e. The maximum atomic E-state index is 11.5. The fourth-order valence-corrected chi connectivity index (χ4v) is 1.73. The minimum atomic E-state index is -1.31. The summed E-state index contributed by atoms with van der Waals surface area (Å²) in [6.07, 6.45) is -3.27. The molecular formula is C9H15N3Na2O5. The van der Waals surface area contributed by atoms with Gasteiger partial charge < -0.3 is 28.6 Å². The van der Waals surface area contributed by atoms with E-state index in [-0.39, 0.29) is 67.8 Å². The largest absolute Gasteiger partial charge is 1.00 e. The summed E-state index contributed by atoms with van der Waals surface area (Å²) in [6, 6.07) is 1.37. The Balaban J connectivity index is -0.000000810. The van der Waals surface area contributed by atoms with E-state index < -0.39 is 36.8 Å². The van der Waals surface area contributed by atoms with Gasteiger partial charge in [-0.3, -0.25) is 4.57 Å². The molecule has 1 aliphatic heterocycles. The van der Waals surface area contributed by atoms with Crippen LogP contribution in [0.25, 0.3) is 0 Å². The first kappa shape index (κ1) is 19.5. The topological polar surface area (TPSA) is 131 Å². The maximum absolute atomic E-state index is 11.5. The average molecular weight is 291 g/mol. The van der Waals surface area contributed by atoms with Crippen molar-refractivity contribution < 1.29 is 82.0 Å². The van der Waals surface area contributed by atoms with Crippen molar-refractivity contribution in [2.24, 2.45) is 0 Å². The second kappa shape index (κ2) is 8.08. The second-order valence-corrected chi connectivity index (χ2v) is 3.77. The quantitative estimate of drug-likeness (QED) is 0.398. The van der Waals surface area contributed by atoms with Gasteiger partial charge in [0.1, 0.15) is 24.1 Å². The van der Waals surface area contributed by atoms with Gasteiger partial charge in [0.15, 0.2) is 6.23 Å². The number of hydrogen-bond acceptors (Lipinski definition) is 7. The molecule has 19 heavy (non-hydrogen) atoms. The summed E-state index contributed by atoms with van der Waals surface area (Å²) in [5, 5.41) is 28.2. The van der Waals surface area contributed by atoms with E-state index in [2.05, 4.69) is 4.98 Å². The van der Waals surface area contributed by atoms with E-state index in [0.717, 1.165) is 4.57 Å². The first-order valence-electron chi connectivity index (χ1n) is 5.01. The van der Waals surface area contributed by atoms with E-state index in [1.54, 1.807) is 0 Å². The number of hydrogen-bond donors (Lipinski definition) is 4. The summed E-state index contributed by atoms with van der Waals surface area (Å²) in [7, 11) is 0. The summed E-state index contributed by atoms with van der Waals surface area (Å²) >= 11 is 0. The van der Waals surface area contributed by atoms with Crippen LogP contribution < -0.4 is 70.5 Å². The van der Waals surface area contributed by atoms with Crippen molar-refractivity contribution in [2.75, 3.05) is 12.3 Å². The van der Waals surface area contributed by atoms with Gasteiger partial charge in [-0.05, 0) is 6.07 Å². The molecule has 1 fully saturated rings. The number of aromatic nitrogens is 2. The SMILES string of the molecule is Nc1ccn([C@@H]2O[C@H](CO)[C@@H](O)[C@H]2O)c(=O)n1.[H-].[H-].[Na+].[Na+]. The molecule has 98 valence electrons. The monoisotopic (exact) mass is 291 g/mol. The molecule has 8 nitrogen and oxygen atoms in total. The number of rotatable bonds is 2. The Morgan fingerprint density at radius 1 is 1.42 bits per heavy atom. The van der Waals surface area contributed by atoms with Crippen molar-refractivity contribution in [2.45, 2.75) is 24.5 Å². The van der Waals surface area contributed by atoms with Crippen LogP contribution in [0.1, 0.15) is 9.08 Å². The standard InChI is InChI=1S/C9H13N3O5.2Na.2H/c10-5-1-2-12(9(16)11-5)8-7(15)6(14)4(3-13)17-8;;;;/h1-2,4,6-8,13-15H,3H2,(H2,10,11,16);;;;/q;2*+1;2*-1/t4-,6-,7-,8-;;;;/m1..../s1. The number of aliphatic hydroxyl groups excluding tert-OH is 3. The Bertz CT molecular complexity index is 481. The summed E-state index contributed by atoms with van der Waals surface area (Å²) in [6.45, 7) is -0.453. The Labute approximate surface area is 156 Å². The van der Waals surface area contributed by atoms with Crippen LogP contribution in [0.2, 0.25) is 0 Å². The van der Waals surface area contributed by atoms with Crippen molar-refractivity contribution in [3.05, 3.63) is 22.7 Å². The van der Waals surface area contributed by atoms with Gasteiger partial charge in [0.25, 0.3) is 0 Å². The van der Waals surface area contributed by atoms with Crippen LogP contribution in [-0.2, 0) is 4.74 Å². The molecule has 0 unspecified atom stereocenters. The number of nitrogens with two attached hydrogens (primary N) is 1. The molecule has 2 heterocycles. The molecule has 0 radical (unpaired) electrons. The normalized spacial score (nSPS) is 29.4. The van der Waals surface area contributed by atoms with Crippen molar-refractivity contribution in [1.82, 2.24) is 9.55 Å². The van der Waals surface area contributed by atoms with Crippen molar-refractivity contribution in [1.29, 1.82) is 0 Å². The third-order valence-corrected chi connectivity index (χ3v) is 2.64. The van der Waals surface area contributed by atoms with Crippen LogP contribution in [-0.4, -0.2) is 49.8 Å². The average Bonchev–Trinajstić information content (AvgIpc) is 2.57. The van der Waals surface area contributed by atoms with Gasteiger partial charge in [0, 0.05) is 6.20 Å². The molecular weight excluding hydrogens is 276 g/mol. The van der Waals surface area contributed by atoms with Gasteiger partial charge in [-0.25, -0.2) is 4.79 Å². The van der Waals surface area contributed by atoms with Crippen molar-refractivity contribution >= 4 is 5.82 Å². The van der Waals surface area contributed by atoms with Crippen LogP contribution in [0, 0.1) is 0 Å². The van der Waals surface area contributed by atoms with Gasteiger partial charge in [-0.1, -0.05) is 0 Å². The van der Waals surface area contributed by atoms with Gasteiger partial charge in [0.05, 0.1) is 6.61 Å². The predicted molar refractivity (Wildman–Crippen MR) is 58.1 cm³/mol. The molecule has 1 aromatic heterocycles. The Kier molecular flexibility index (Phi) is 8.30. The summed E-state index contributed by atoms with van der Waals surface area (Å²) in [5.41, 5.74) is 4.63. The summed E-state index contributed by atoms with van der Waals surface area (Å²) in [5.74, 6) is 0.0537. The molecule has 0 aliphatic carbocycles. The number of nitrogen functional groups attached to an aromatic ring is 1. The molecule has 1 aliphatic rings. The van der Waals surface area contributed by atoms with E-state index >= 15 is 0 Å². The molecule has 4 atom stereocenters. The summed E-state index contributed by atoms with van der Waals surface area (Å²) in [4.78, 5) is 15.0. The van der Waals surface area contributed by atoms with Gasteiger partial charge in [-0.15, -0.1) is 0 Å². The first-order valence-corrected chi connectivity index (χ1v) is 5.01. The van der Waals surface area contributed by atoms with Crippen LogP contribution in [0.3, 0.4) is 0 Å². The fraction of sp³-hybridized carbons (Fsp3) is 0.556. The number of anilines is 1. The smallest absolute Gasteiger partial charge is 1.00 e.